The molecular weight excluding hydrogens is 1810 g/mol. The number of alkyl halides is 9. The quantitative estimate of drug-likeness (QED) is 0.00484. The maximum Gasteiger partial charge on any atom is 0.416 e. The highest BCUT2D eigenvalue weighted by atomic mass is 19.4. The van der Waals surface area contributed by atoms with Crippen molar-refractivity contribution in [3.05, 3.63) is 316 Å². The maximum absolute atomic E-state index is 13.5. The number of aldehydes is 4. The minimum Gasteiger partial charge on any atom is -0.508 e. The van der Waals surface area contributed by atoms with Gasteiger partial charge in [-0.1, -0.05) is 78.9 Å². The number of nitro benzene ring substituents is 1. The number of carboxylic acid groups (broad SMARTS) is 1. The number of benzene rings is 7. The molecule has 0 spiro atoms. The normalized spacial score (nSPS) is 13.0. The molecule has 0 aliphatic carbocycles. The van der Waals surface area contributed by atoms with Gasteiger partial charge in [0.15, 0.2) is 24.8 Å². The summed E-state index contributed by atoms with van der Waals surface area (Å²) in [7, 11) is 1.06. The number of hydrogen-bond acceptors (Lipinski definition) is 25. The number of aromatic hydroxyl groups is 4. The summed E-state index contributed by atoms with van der Waals surface area (Å²) in [5.74, 6) is -1.31. The van der Waals surface area contributed by atoms with Crippen LogP contribution in [0.2, 0.25) is 0 Å². The number of ether oxygens (including phenoxy) is 4. The zero-order valence-electron chi connectivity index (χ0n) is 74.9. The van der Waals surface area contributed by atoms with Crippen molar-refractivity contribution < 1.29 is 127 Å². The molecule has 40 heteroatoms. The standard InChI is InChI=1S/C24H25N5O4.C22H20F9NO.C15H17N5O2.2C9H8O2.C7H5NO4.C7H6O2.C4H6O2/c1-24(2,3)23(32)33-15-28-9-7-19-20(13-25-27-22(19)28)17-12-26-29(14-17)21(8-10-30)16-5-4-6-18(31)11-16;1-12-6-13(8-15(7-12)20(23,24)25)19(33-2,18-4-3-5-32-18)14-9-16(21(26,27)28)11-17(10-14)22(29,30)31;1-15(2,3)14(21)22-9-20-5-4-11-12(8-18-19-13(11)20)10-6-16-17-7-10;2*10-6-2-4-8-3-1-5-9(11)7-8;9-7(10)5-1-3-6(4-2-5)8(11)12;8-5-6-2-1-3-7(9)4-6;1-3-6-4(2)5/h4-7,9-14,21,31H,8,15H2,1-3H3;6-11,18,32H,3-5H2,1-2H3;4-8H,9H2,1-3H3,(H,16,17);2*1-7,11H;1-4H,(H,9,10);1-5,9H;3H,1H2,2H3/b;;;2*4-2+;;;/t21-;18-,19?;;;;;;/m11....../s1. The summed E-state index contributed by atoms with van der Waals surface area (Å²) in [5.41, 5.74) is -0.427. The number of fused-ring (bicyclic) bond motifs is 2. The van der Waals surface area contributed by atoms with E-state index in [0.717, 1.165) is 87.6 Å². The number of methoxy groups -OCH3 is 1. The predicted octanol–water partition coefficient (Wildman–Crippen LogP) is 19.2. The highest BCUT2D eigenvalue weighted by molar-refractivity contribution is 5.94. The number of halogens is 9. The van der Waals surface area contributed by atoms with Crippen LogP contribution in [0.1, 0.15) is 145 Å². The van der Waals surface area contributed by atoms with Gasteiger partial charge in [0.2, 0.25) is 0 Å². The zero-order chi connectivity index (χ0) is 101. The lowest BCUT2D eigenvalue weighted by Crippen LogP contribution is -2.48. The van der Waals surface area contributed by atoms with Gasteiger partial charge in [-0.2, -0.15) is 59.9 Å². The zero-order valence-corrected chi connectivity index (χ0v) is 74.9. The summed E-state index contributed by atoms with van der Waals surface area (Å²) >= 11 is 0. The van der Waals surface area contributed by atoms with E-state index >= 15 is 0 Å². The highest BCUT2D eigenvalue weighted by Gasteiger charge is 2.48. The van der Waals surface area contributed by atoms with Gasteiger partial charge in [-0.25, -0.2) is 4.79 Å². The van der Waals surface area contributed by atoms with Crippen LogP contribution in [0.3, 0.4) is 0 Å². The minimum atomic E-state index is -5.12. The van der Waals surface area contributed by atoms with Crippen LogP contribution in [0.15, 0.2) is 244 Å². The summed E-state index contributed by atoms with van der Waals surface area (Å²) in [6.45, 7) is 17.2. The number of H-pyrrole nitrogens is 1. The van der Waals surface area contributed by atoms with Gasteiger partial charge in [-0.15, -0.1) is 10.2 Å². The third kappa shape index (κ3) is 32.1. The maximum atomic E-state index is 13.5. The van der Waals surface area contributed by atoms with Crippen LogP contribution in [0.5, 0.6) is 23.0 Å². The molecule has 7 heterocycles. The summed E-state index contributed by atoms with van der Waals surface area (Å²) in [6.07, 6.45) is 10.1. The SMILES string of the molecule is C=COC(C)=O.CC(C)(C)C(=O)OCn1ccc2c(-c3cn[nH]c3)cnnc21.CC(C)(C)C(=O)OCn1ccc2c(-c3cnn([C@H](CC=O)c4cccc(O)c4)c3)cnnc21.COC(c1cc(C)cc(C(F)(F)F)c1)(c1cc(C(F)(F)F)cc(C(F)(F)F)c1)[C@H]1CCCN1.O=C(O)c1ccc([N+](=O)[O-])cc1.O=C/C=C/c1cccc(O)c1.O=C/C=C/c1cccc(O)c1.O=Cc1cccc(O)c1. The average Bonchev–Trinajstić information content (AvgIpc) is 1.55. The van der Waals surface area contributed by atoms with Crippen LogP contribution in [0.4, 0.5) is 45.2 Å². The van der Waals surface area contributed by atoms with Gasteiger partial charge in [0.1, 0.15) is 53.7 Å². The van der Waals surface area contributed by atoms with Crippen molar-refractivity contribution in [2.24, 2.45) is 10.8 Å². The molecule has 1 fully saturated rings. The Labute approximate surface area is 777 Å². The highest BCUT2D eigenvalue weighted by Crippen LogP contribution is 2.47. The van der Waals surface area contributed by atoms with E-state index in [4.69, 9.17) is 34.6 Å². The molecule has 1 aliphatic rings. The number of rotatable bonds is 22. The summed E-state index contributed by atoms with van der Waals surface area (Å²) in [6, 6.07) is 37.5. The van der Waals surface area contributed by atoms with Gasteiger partial charge in [0.25, 0.3) is 5.69 Å². The van der Waals surface area contributed by atoms with Crippen molar-refractivity contribution in [3.8, 4) is 45.3 Å². The molecule has 31 nitrogen and oxygen atoms in total. The molecule has 0 saturated carbocycles. The van der Waals surface area contributed by atoms with Gasteiger partial charge in [-0.3, -0.25) is 57.8 Å². The molecule has 13 aromatic rings. The third-order valence-electron chi connectivity index (χ3n) is 19.4. The Hall–Kier alpha value is -16.1. The molecule has 1 aliphatic heterocycles. The van der Waals surface area contributed by atoms with Crippen molar-refractivity contribution in [2.75, 3.05) is 13.7 Å². The van der Waals surface area contributed by atoms with Gasteiger partial charge >= 0.3 is 42.4 Å². The average molecular weight is 1900 g/mol. The molecule has 14 rings (SSSR count). The Bertz CT molecular complexity index is 6230. The van der Waals surface area contributed by atoms with Crippen molar-refractivity contribution in [1.29, 1.82) is 0 Å². The van der Waals surface area contributed by atoms with Crippen LogP contribution < -0.4 is 5.32 Å². The monoisotopic (exact) mass is 1900 g/mol. The van der Waals surface area contributed by atoms with Gasteiger partial charge in [0.05, 0.1) is 75.1 Å². The first-order valence-corrected chi connectivity index (χ1v) is 41.0. The molecule has 1 saturated heterocycles. The molecule has 1 unspecified atom stereocenters. The second-order valence-corrected chi connectivity index (χ2v) is 31.6. The Morgan fingerprint density at radius 3 is 1.43 bits per heavy atom. The summed E-state index contributed by atoms with van der Waals surface area (Å²) in [5, 5.41) is 87.6. The molecule has 0 bridgehead atoms. The number of carbonyl (C=O) groups is 8. The number of aryl methyl sites for hydroxylation is 1. The number of aromatic nitrogens is 10. The lowest BCUT2D eigenvalue weighted by atomic mass is 9.77. The first-order chi connectivity index (χ1) is 64.7. The number of nitrogens with one attached hydrogen (secondary N) is 2. The van der Waals surface area contributed by atoms with Crippen molar-refractivity contribution in [2.45, 2.75) is 124 Å². The number of carbonyl (C=O) groups excluding carboxylic acids is 7. The van der Waals surface area contributed by atoms with E-state index in [1.165, 1.54) is 56.3 Å². The second kappa shape index (κ2) is 49.6. The van der Waals surface area contributed by atoms with Crippen LogP contribution >= 0.6 is 0 Å². The van der Waals surface area contributed by atoms with Crippen molar-refractivity contribution >= 4 is 88.9 Å². The predicted molar refractivity (Wildman–Crippen MR) is 485 cm³/mol. The molecule has 3 atom stereocenters. The first-order valence-electron chi connectivity index (χ1n) is 41.0. The molecular formula is C97H95F9N12O19. The molecule has 7 aromatic carbocycles. The van der Waals surface area contributed by atoms with E-state index in [0.29, 0.717) is 66.9 Å². The number of hydrogen-bond donors (Lipinski definition) is 7. The van der Waals surface area contributed by atoms with Crippen molar-refractivity contribution in [3.63, 3.8) is 0 Å². The molecule has 0 amide bonds. The van der Waals surface area contributed by atoms with Crippen LogP contribution in [0, 0.1) is 27.9 Å². The molecule has 720 valence electrons. The van der Waals surface area contributed by atoms with Crippen LogP contribution in [0.25, 0.3) is 56.5 Å². The van der Waals surface area contributed by atoms with E-state index in [9.17, 15) is 93.1 Å². The number of allylic oxidation sites excluding steroid dienone is 2. The van der Waals surface area contributed by atoms with Crippen LogP contribution in [-0.2, 0) is 85.3 Å². The number of aromatic amines is 1. The largest absolute Gasteiger partial charge is 0.508 e. The number of nitro groups is 1. The number of nitrogens with zero attached hydrogens (tertiary/aromatic N) is 10. The van der Waals surface area contributed by atoms with E-state index in [-0.39, 0.29) is 102 Å². The number of carboxylic acids is 1. The second-order valence-electron chi connectivity index (χ2n) is 31.6. The van der Waals surface area contributed by atoms with Crippen molar-refractivity contribution in [1.82, 2.24) is 54.8 Å². The number of esters is 3. The summed E-state index contributed by atoms with van der Waals surface area (Å²) in [4.78, 5) is 94.8. The lowest BCUT2D eigenvalue weighted by Gasteiger charge is -2.40. The Morgan fingerprint density at radius 1 is 0.591 bits per heavy atom. The molecule has 0 radical (unpaired) electrons. The number of aromatic carboxylic acids is 1. The topological polar surface area (TPSA) is 438 Å². The number of non-ortho nitro benzene ring substituents is 1. The fourth-order valence-electron chi connectivity index (χ4n) is 12.9. The van der Waals surface area contributed by atoms with Crippen LogP contribution in [-0.4, -0.2) is 149 Å². The third-order valence-corrected chi connectivity index (χ3v) is 19.4. The smallest absolute Gasteiger partial charge is 0.416 e. The fraction of sp³-hybridized carbons (Fsp3) is 0.237. The fourth-order valence-corrected chi connectivity index (χ4v) is 12.9. The Morgan fingerprint density at radius 2 is 1.04 bits per heavy atom. The number of phenols is 4. The molecule has 6 aromatic heterocycles. The summed E-state index contributed by atoms with van der Waals surface area (Å²) < 4.78 is 147. The number of phenolic OH excluding ortho intramolecular Hbond substituents is 4. The lowest BCUT2D eigenvalue weighted by molar-refractivity contribution is -0.384. The van der Waals surface area contributed by atoms with E-state index in [1.54, 1.807) is 163 Å². The Kier molecular flexibility index (Phi) is 39.0. The van der Waals surface area contributed by atoms with E-state index in [2.05, 4.69) is 52.3 Å². The van der Waals surface area contributed by atoms with Gasteiger partial charge in [-0.05, 0) is 211 Å². The minimum absolute atomic E-state index is 0.0244. The Balaban J connectivity index is 0.000000227. The van der Waals surface area contributed by atoms with E-state index in [1.807, 2.05) is 51.4 Å². The molecule has 137 heavy (non-hydrogen) atoms. The van der Waals surface area contributed by atoms with E-state index < -0.39 is 74.1 Å². The molecule has 7 N–H and O–H groups in total. The van der Waals surface area contributed by atoms with Gasteiger partial charge < -0.3 is 54.6 Å². The first kappa shape index (κ1) is 108. The van der Waals surface area contributed by atoms with Gasteiger partial charge in [0, 0.05) is 102 Å².